The van der Waals surface area contributed by atoms with E-state index in [1.165, 1.54) is 257 Å². The molecule has 0 aromatic rings. The van der Waals surface area contributed by atoms with Gasteiger partial charge in [0.05, 0.1) is 13.2 Å². The van der Waals surface area contributed by atoms with E-state index in [4.69, 9.17) is 18.9 Å². The Kier molecular flexibility index (Phi) is 60.0. The van der Waals surface area contributed by atoms with Crippen LogP contribution in [0.3, 0.4) is 0 Å². The molecule has 0 saturated heterocycles. The Balaban J connectivity index is 3.33. The first kappa shape index (κ1) is 71.9. The highest BCUT2D eigenvalue weighted by Gasteiger charge is 2.14. The van der Waals surface area contributed by atoms with Crippen molar-refractivity contribution in [3.63, 3.8) is 0 Å². The molecule has 0 aliphatic rings. The highest BCUT2D eigenvalue weighted by molar-refractivity contribution is 5.71. The van der Waals surface area contributed by atoms with E-state index in [-0.39, 0.29) is 23.9 Å². The molecule has 0 rings (SSSR count). The Bertz CT molecular complexity index is 1170. The van der Waals surface area contributed by atoms with Gasteiger partial charge in [-0.2, -0.15) is 0 Å². The van der Waals surface area contributed by atoms with Crippen LogP contribution in [-0.4, -0.2) is 43.4 Å². The van der Waals surface area contributed by atoms with Crippen LogP contribution in [0.5, 0.6) is 0 Å². The van der Waals surface area contributed by atoms with E-state index < -0.39 is 6.29 Å². The summed E-state index contributed by atoms with van der Waals surface area (Å²) in [4.78, 5) is 48.6. The summed E-state index contributed by atoms with van der Waals surface area (Å²) in [6.45, 7) is 7.35. The number of carbonyl (C=O) groups excluding carboxylic acids is 4. The monoisotopic (exact) mass is 1050 g/mol. The summed E-state index contributed by atoms with van der Waals surface area (Å²) in [5, 5.41) is 0. The molecule has 0 bridgehead atoms. The lowest BCUT2D eigenvalue weighted by atomic mass is 10.0. The van der Waals surface area contributed by atoms with Crippen LogP contribution in [0.15, 0.2) is 0 Å². The van der Waals surface area contributed by atoms with Crippen LogP contribution in [0.1, 0.15) is 380 Å². The standard InChI is InChI=1S/C66H126O8/c1-4-6-8-10-12-14-16-20-26-32-38-44-50-56-63(67)71-60-54-48-42-36-30-24-18-22-27-33-39-45-51-57-64(68)72-61-55-49-43-37-31-25-19-23-29-35-41-47-53-59-66(70)74-62(3)73-65(69)58-52-46-40-34-28-21-17-15-13-11-9-7-5-2/h62H,4-61H2,1-3H3. The molecule has 0 aromatic heterocycles. The minimum Gasteiger partial charge on any atom is -0.466 e. The molecule has 0 heterocycles. The van der Waals surface area contributed by atoms with Crippen LogP contribution >= 0.6 is 0 Å². The van der Waals surface area contributed by atoms with Crippen molar-refractivity contribution in [1.82, 2.24) is 0 Å². The van der Waals surface area contributed by atoms with Gasteiger partial charge in [-0.05, 0) is 38.5 Å². The quantitative estimate of drug-likeness (QED) is 0.0257. The summed E-state index contributed by atoms with van der Waals surface area (Å²) in [5.74, 6) is -0.563. The van der Waals surface area contributed by atoms with E-state index in [9.17, 15) is 19.2 Å². The molecule has 8 heteroatoms. The van der Waals surface area contributed by atoms with Crippen molar-refractivity contribution < 1.29 is 38.1 Å². The zero-order valence-corrected chi connectivity index (χ0v) is 49.9. The molecular weight excluding hydrogens is 921 g/mol. The Hall–Kier alpha value is -2.12. The second-order valence-corrected chi connectivity index (χ2v) is 22.7. The van der Waals surface area contributed by atoms with Gasteiger partial charge in [-0.1, -0.05) is 309 Å². The van der Waals surface area contributed by atoms with E-state index in [2.05, 4.69) is 13.8 Å². The molecule has 0 aromatic carbocycles. The van der Waals surface area contributed by atoms with E-state index in [0.29, 0.717) is 38.9 Å². The largest absolute Gasteiger partial charge is 0.466 e. The third-order valence-corrected chi connectivity index (χ3v) is 15.1. The van der Waals surface area contributed by atoms with Gasteiger partial charge in [-0.3, -0.25) is 19.2 Å². The number of hydrogen-bond acceptors (Lipinski definition) is 8. The smallest absolute Gasteiger partial charge is 0.308 e. The molecule has 1 unspecified atom stereocenters. The van der Waals surface area contributed by atoms with Crippen LogP contribution < -0.4 is 0 Å². The summed E-state index contributed by atoms with van der Waals surface area (Å²) >= 11 is 0. The average Bonchev–Trinajstić information content (AvgIpc) is 3.38. The predicted molar refractivity (Wildman–Crippen MR) is 313 cm³/mol. The summed E-state index contributed by atoms with van der Waals surface area (Å²) in [6.07, 6.45) is 66.1. The zero-order valence-electron chi connectivity index (χ0n) is 49.9. The van der Waals surface area contributed by atoms with Gasteiger partial charge in [0.2, 0.25) is 6.29 Å². The fourth-order valence-electron chi connectivity index (χ4n) is 10.2. The van der Waals surface area contributed by atoms with E-state index in [1.54, 1.807) is 6.92 Å². The van der Waals surface area contributed by atoms with Crippen molar-refractivity contribution in [2.75, 3.05) is 13.2 Å². The first-order chi connectivity index (χ1) is 36.4. The molecule has 0 saturated carbocycles. The van der Waals surface area contributed by atoms with Crippen molar-refractivity contribution in [1.29, 1.82) is 0 Å². The summed E-state index contributed by atoms with van der Waals surface area (Å²) in [5.41, 5.74) is 0. The molecule has 0 aliphatic heterocycles. The molecule has 0 spiro atoms. The minimum atomic E-state index is -0.808. The third kappa shape index (κ3) is 60.7. The van der Waals surface area contributed by atoms with Crippen LogP contribution in [-0.2, 0) is 38.1 Å². The second-order valence-electron chi connectivity index (χ2n) is 22.7. The highest BCUT2D eigenvalue weighted by Crippen LogP contribution is 2.18. The second kappa shape index (κ2) is 61.7. The zero-order chi connectivity index (χ0) is 53.7. The first-order valence-electron chi connectivity index (χ1n) is 33.1. The van der Waals surface area contributed by atoms with Gasteiger partial charge in [-0.15, -0.1) is 0 Å². The summed E-state index contributed by atoms with van der Waals surface area (Å²) < 4.78 is 21.6. The average molecular weight is 1050 g/mol. The third-order valence-electron chi connectivity index (χ3n) is 15.1. The van der Waals surface area contributed by atoms with Crippen molar-refractivity contribution in [2.45, 2.75) is 387 Å². The topological polar surface area (TPSA) is 105 Å². The van der Waals surface area contributed by atoms with Crippen LogP contribution in [0.25, 0.3) is 0 Å². The van der Waals surface area contributed by atoms with Crippen molar-refractivity contribution in [3.8, 4) is 0 Å². The molecule has 1 atom stereocenters. The Labute approximate surface area is 460 Å². The van der Waals surface area contributed by atoms with Crippen LogP contribution in [0.4, 0.5) is 0 Å². The maximum absolute atomic E-state index is 12.2. The fourth-order valence-corrected chi connectivity index (χ4v) is 10.2. The lowest BCUT2D eigenvalue weighted by molar-refractivity contribution is -0.184. The van der Waals surface area contributed by atoms with Gasteiger partial charge in [0, 0.05) is 32.6 Å². The Morgan fingerprint density at radius 2 is 0.392 bits per heavy atom. The SMILES string of the molecule is CCCCCCCCCCCCCCCC(=O)OCCCCCCCCCCCCCCCC(=O)OCCCCCCCCCCCCCCCC(=O)OC(C)OC(=O)CCCCCCCCCCCCCCC. The van der Waals surface area contributed by atoms with Crippen LogP contribution in [0, 0.1) is 0 Å². The molecule has 0 amide bonds. The van der Waals surface area contributed by atoms with E-state index in [1.807, 2.05) is 0 Å². The summed E-state index contributed by atoms with van der Waals surface area (Å²) in [6, 6.07) is 0. The fraction of sp³-hybridized carbons (Fsp3) is 0.939. The highest BCUT2D eigenvalue weighted by atomic mass is 16.7. The lowest BCUT2D eigenvalue weighted by Crippen LogP contribution is -2.21. The summed E-state index contributed by atoms with van der Waals surface area (Å²) in [7, 11) is 0. The Morgan fingerprint density at radius 1 is 0.230 bits per heavy atom. The Morgan fingerprint density at radius 3 is 0.595 bits per heavy atom. The van der Waals surface area contributed by atoms with Gasteiger partial charge in [0.25, 0.3) is 0 Å². The van der Waals surface area contributed by atoms with Crippen molar-refractivity contribution in [2.24, 2.45) is 0 Å². The van der Waals surface area contributed by atoms with Gasteiger partial charge in [0.1, 0.15) is 0 Å². The number of unbranched alkanes of at least 4 members (excludes halogenated alkanes) is 48. The number of esters is 4. The van der Waals surface area contributed by atoms with E-state index in [0.717, 1.165) is 77.0 Å². The molecular formula is C66H126O8. The minimum absolute atomic E-state index is 0.00147. The molecule has 0 fully saturated rings. The molecule has 8 nitrogen and oxygen atoms in total. The first-order valence-corrected chi connectivity index (χ1v) is 33.1. The molecule has 0 aliphatic carbocycles. The van der Waals surface area contributed by atoms with Crippen molar-refractivity contribution >= 4 is 23.9 Å². The molecule has 438 valence electrons. The molecule has 74 heavy (non-hydrogen) atoms. The molecule has 0 radical (unpaired) electrons. The van der Waals surface area contributed by atoms with Gasteiger partial charge < -0.3 is 18.9 Å². The lowest BCUT2D eigenvalue weighted by Gasteiger charge is -2.14. The normalized spacial score (nSPS) is 11.8. The van der Waals surface area contributed by atoms with Crippen LogP contribution in [0.2, 0.25) is 0 Å². The van der Waals surface area contributed by atoms with Gasteiger partial charge >= 0.3 is 23.9 Å². The van der Waals surface area contributed by atoms with Gasteiger partial charge in [-0.25, -0.2) is 0 Å². The number of hydrogen-bond donors (Lipinski definition) is 0. The van der Waals surface area contributed by atoms with Gasteiger partial charge in [0.15, 0.2) is 0 Å². The van der Waals surface area contributed by atoms with Crippen molar-refractivity contribution in [3.05, 3.63) is 0 Å². The maximum atomic E-state index is 12.2. The number of carbonyl (C=O) groups is 4. The van der Waals surface area contributed by atoms with E-state index >= 15 is 0 Å². The predicted octanol–water partition coefficient (Wildman–Crippen LogP) is 21.4. The number of ether oxygens (including phenoxy) is 4. The molecule has 0 N–H and O–H groups in total. The number of rotatable bonds is 62. The maximum Gasteiger partial charge on any atom is 0.308 e.